The molecule has 0 aliphatic carbocycles. The molecule has 0 amide bonds. The lowest BCUT2D eigenvalue weighted by Crippen LogP contribution is -2.39. The number of nitrogens with two attached hydrogens (primary N) is 1. The summed E-state index contributed by atoms with van der Waals surface area (Å²) in [6.45, 7) is 5.07. The van der Waals surface area contributed by atoms with Gasteiger partial charge in [-0.25, -0.2) is 4.79 Å². The molecule has 0 fully saturated rings. The summed E-state index contributed by atoms with van der Waals surface area (Å²) in [6, 6.07) is 6.89. The molecule has 0 aliphatic heterocycles. The van der Waals surface area contributed by atoms with Crippen molar-refractivity contribution in [1.29, 1.82) is 0 Å². The van der Waals surface area contributed by atoms with Crippen molar-refractivity contribution in [3.8, 4) is 0 Å². The number of esters is 3. The van der Waals surface area contributed by atoms with E-state index in [1.54, 1.807) is 39.0 Å². The first-order valence-electron chi connectivity index (χ1n) is 6.47. The smallest absolute Gasteiger partial charge is 0.345 e. The second kappa shape index (κ2) is 6.99. The maximum Gasteiger partial charge on any atom is 0.345 e. The van der Waals surface area contributed by atoms with Gasteiger partial charge in [0.25, 0.3) is 0 Å². The van der Waals surface area contributed by atoms with Crippen LogP contribution in [-0.2, 0) is 19.1 Å². The molecule has 2 N–H and O–H groups in total. The molecule has 1 atom stereocenters. The second-order valence-corrected chi connectivity index (χ2v) is 5.47. The lowest BCUT2D eigenvalue weighted by molar-refractivity contribution is -0.159. The summed E-state index contributed by atoms with van der Waals surface area (Å²) in [7, 11) is 0. The van der Waals surface area contributed by atoms with Gasteiger partial charge in [-0.05, 0) is 32.9 Å². The third-order valence-corrected chi connectivity index (χ3v) is 2.31. The molecule has 1 rings (SSSR count). The van der Waals surface area contributed by atoms with E-state index in [1.807, 2.05) is 0 Å². The number of hydrogen-bond acceptors (Lipinski definition) is 6. The summed E-state index contributed by atoms with van der Waals surface area (Å²) in [5.41, 5.74) is 5.10. The minimum Gasteiger partial charge on any atom is -0.459 e. The second-order valence-electron chi connectivity index (χ2n) is 5.47. The first-order valence-corrected chi connectivity index (χ1v) is 6.47. The minimum absolute atomic E-state index is 0.247. The van der Waals surface area contributed by atoms with Crippen molar-refractivity contribution in [2.24, 2.45) is 5.73 Å². The fourth-order valence-corrected chi connectivity index (χ4v) is 1.42. The van der Waals surface area contributed by atoms with Crippen LogP contribution in [0.5, 0.6) is 0 Å². The third kappa shape index (κ3) is 6.18. The highest BCUT2D eigenvalue weighted by Gasteiger charge is 2.25. The van der Waals surface area contributed by atoms with Crippen LogP contribution in [0.4, 0.5) is 0 Å². The summed E-state index contributed by atoms with van der Waals surface area (Å²) in [4.78, 5) is 34.8. The van der Waals surface area contributed by atoms with Crippen LogP contribution >= 0.6 is 0 Å². The van der Waals surface area contributed by atoms with Gasteiger partial charge in [-0.1, -0.05) is 18.2 Å². The van der Waals surface area contributed by atoms with Crippen LogP contribution in [0.1, 0.15) is 37.6 Å². The maximum absolute atomic E-state index is 11.6. The molecule has 1 aromatic rings. The molecule has 6 heteroatoms. The number of ether oxygens (including phenoxy) is 2. The van der Waals surface area contributed by atoms with E-state index < -0.39 is 36.0 Å². The number of carbonyl (C=O) groups is 3. The van der Waals surface area contributed by atoms with Gasteiger partial charge in [-0.3, -0.25) is 9.59 Å². The molecular weight excluding hydrogens is 274 g/mol. The first-order chi connectivity index (χ1) is 9.69. The molecule has 6 nitrogen and oxygen atoms in total. The lowest BCUT2D eigenvalue weighted by Gasteiger charge is -2.21. The van der Waals surface area contributed by atoms with E-state index in [1.165, 1.54) is 12.1 Å². The molecule has 0 radical (unpaired) electrons. The molecule has 21 heavy (non-hydrogen) atoms. The van der Waals surface area contributed by atoms with Crippen molar-refractivity contribution < 1.29 is 23.9 Å². The zero-order valence-corrected chi connectivity index (χ0v) is 12.3. The summed E-state index contributed by atoms with van der Waals surface area (Å²) in [5, 5.41) is 0. The average Bonchev–Trinajstić information content (AvgIpc) is 2.37. The van der Waals surface area contributed by atoms with Crippen LogP contribution < -0.4 is 5.73 Å². The molecule has 0 aliphatic rings. The molecule has 1 aromatic carbocycles. The Morgan fingerprint density at radius 1 is 1.14 bits per heavy atom. The SMILES string of the molecule is CC(C)(C)OC(=O)C(N)CC(=O)OC(=O)c1ccccc1. The van der Waals surface area contributed by atoms with E-state index in [0.29, 0.717) is 0 Å². The minimum atomic E-state index is -1.17. The largest absolute Gasteiger partial charge is 0.459 e. The molecular formula is C15H19NO5. The van der Waals surface area contributed by atoms with Gasteiger partial charge in [0.05, 0.1) is 12.0 Å². The zero-order valence-electron chi connectivity index (χ0n) is 12.3. The van der Waals surface area contributed by atoms with Crippen molar-refractivity contribution in [3.63, 3.8) is 0 Å². The van der Waals surface area contributed by atoms with Gasteiger partial charge in [0, 0.05) is 0 Å². The molecule has 114 valence electrons. The first kappa shape index (κ1) is 16.8. The Hall–Kier alpha value is -2.21. The fourth-order valence-electron chi connectivity index (χ4n) is 1.42. The fraction of sp³-hybridized carbons (Fsp3) is 0.400. The van der Waals surface area contributed by atoms with Gasteiger partial charge in [-0.2, -0.15) is 0 Å². The van der Waals surface area contributed by atoms with Gasteiger partial charge < -0.3 is 15.2 Å². The van der Waals surface area contributed by atoms with Crippen LogP contribution in [0.15, 0.2) is 30.3 Å². The van der Waals surface area contributed by atoms with Crippen molar-refractivity contribution in [2.45, 2.75) is 38.8 Å². The Balaban J connectivity index is 2.50. The summed E-state index contributed by atoms with van der Waals surface area (Å²) < 4.78 is 9.66. The molecule has 0 heterocycles. The van der Waals surface area contributed by atoms with E-state index in [4.69, 9.17) is 10.5 Å². The van der Waals surface area contributed by atoms with Crippen LogP contribution in [0, 0.1) is 0 Å². The van der Waals surface area contributed by atoms with E-state index in [-0.39, 0.29) is 5.56 Å². The van der Waals surface area contributed by atoms with Crippen molar-refractivity contribution in [3.05, 3.63) is 35.9 Å². The highest BCUT2D eigenvalue weighted by Crippen LogP contribution is 2.09. The predicted octanol–water partition coefficient (Wildman–Crippen LogP) is 1.43. The van der Waals surface area contributed by atoms with E-state index in [0.717, 1.165) is 0 Å². The quantitative estimate of drug-likeness (QED) is 0.666. The highest BCUT2D eigenvalue weighted by molar-refractivity contribution is 5.97. The average molecular weight is 293 g/mol. The zero-order chi connectivity index (χ0) is 16.0. The summed E-state index contributed by atoms with van der Waals surface area (Å²) >= 11 is 0. The Morgan fingerprint density at radius 3 is 2.24 bits per heavy atom. The number of hydrogen-bond donors (Lipinski definition) is 1. The molecule has 0 spiro atoms. The third-order valence-electron chi connectivity index (χ3n) is 2.31. The molecule has 0 saturated heterocycles. The van der Waals surface area contributed by atoms with Crippen LogP contribution in [0.3, 0.4) is 0 Å². The Morgan fingerprint density at radius 2 is 1.71 bits per heavy atom. The number of rotatable bonds is 4. The highest BCUT2D eigenvalue weighted by atomic mass is 16.6. The van der Waals surface area contributed by atoms with Crippen molar-refractivity contribution in [2.75, 3.05) is 0 Å². The summed E-state index contributed by atoms with van der Waals surface area (Å²) in [5.74, 6) is -2.37. The molecule has 0 saturated carbocycles. The predicted molar refractivity (Wildman–Crippen MR) is 75.3 cm³/mol. The van der Waals surface area contributed by atoms with E-state index in [9.17, 15) is 14.4 Å². The van der Waals surface area contributed by atoms with Crippen LogP contribution in [0.25, 0.3) is 0 Å². The van der Waals surface area contributed by atoms with E-state index >= 15 is 0 Å². The Bertz CT molecular complexity index is 519. The Kier molecular flexibility index (Phi) is 5.60. The number of carbonyl (C=O) groups excluding carboxylic acids is 3. The standard InChI is InChI=1S/C15H19NO5/c1-15(2,3)21-14(19)11(16)9-12(17)20-13(18)10-7-5-4-6-8-10/h4-8,11H,9,16H2,1-3H3. The maximum atomic E-state index is 11.6. The van der Waals surface area contributed by atoms with Crippen molar-refractivity contribution >= 4 is 17.9 Å². The number of benzene rings is 1. The van der Waals surface area contributed by atoms with Crippen LogP contribution in [0.2, 0.25) is 0 Å². The van der Waals surface area contributed by atoms with Crippen LogP contribution in [-0.4, -0.2) is 29.6 Å². The molecule has 0 bridgehead atoms. The van der Waals surface area contributed by atoms with Gasteiger partial charge in [0.15, 0.2) is 0 Å². The van der Waals surface area contributed by atoms with Gasteiger partial charge in [-0.15, -0.1) is 0 Å². The summed E-state index contributed by atoms with van der Waals surface area (Å²) in [6.07, 6.45) is -0.423. The normalized spacial score (nSPS) is 12.4. The van der Waals surface area contributed by atoms with Crippen molar-refractivity contribution in [1.82, 2.24) is 0 Å². The van der Waals surface area contributed by atoms with E-state index in [2.05, 4.69) is 4.74 Å². The topological polar surface area (TPSA) is 95.7 Å². The molecule has 0 aromatic heterocycles. The monoisotopic (exact) mass is 293 g/mol. The van der Waals surface area contributed by atoms with Gasteiger partial charge in [0.2, 0.25) is 0 Å². The van der Waals surface area contributed by atoms with Gasteiger partial charge in [0.1, 0.15) is 11.6 Å². The lowest BCUT2D eigenvalue weighted by atomic mass is 10.1. The van der Waals surface area contributed by atoms with Gasteiger partial charge >= 0.3 is 17.9 Å². The molecule has 1 unspecified atom stereocenters. The Labute approximate surface area is 123 Å².